The Labute approximate surface area is 317 Å². The van der Waals surface area contributed by atoms with Crippen molar-refractivity contribution in [2.24, 2.45) is 20.5 Å². The van der Waals surface area contributed by atoms with Crippen molar-refractivity contribution in [2.45, 2.75) is 9.79 Å². The molecule has 0 atom stereocenters. The normalized spacial score (nSPS) is 11.9. The van der Waals surface area contributed by atoms with Gasteiger partial charge in [-0.3, -0.25) is 9.11 Å². The molecule has 15 heteroatoms. The van der Waals surface area contributed by atoms with E-state index in [0.717, 1.165) is 5.69 Å². The Bertz CT molecular complexity index is 2390. The average molecular weight is 686 g/mol. The van der Waals surface area contributed by atoms with Gasteiger partial charge in [-0.1, -0.05) is 60.7 Å². The minimum Gasteiger partial charge on any atom is -1.00 e. The first-order chi connectivity index (χ1) is 21.6. The second-order valence-corrected chi connectivity index (χ2v) is 12.6. The van der Waals surface area contributed by atoms with Crippen molar-refractivity contribution in [3.8, 4) is 0 Å². The second-order valence-electron chi connectivity index (χ2n) is 9.80. The molecule has 228 valence electrons. The van der Waals surface area contributed by atoms with Crippen LogP contribution in [0.3, 0.4) is 0 Å². The van der Waals surface area contributed by atoms with Crippen LogP contribution in [-0.4, -0.2) is 25.9 Å². The second kappa shape index (κ2) is 15.3. The van der Waals surface area contributed by atoms with Gasteiger partial charge in [0.05, 0.1) is 27.6 Å². The molecule has 0 saturated carbocycles. The number of benzene rings is 6. The van der Waals surface area contributed by atoms with Crippen molar-refractivity contribution in [1.82, 2.24) is 0 Å². The van der Waals surface area contributed by atoms with Crippen LogP contribution < -0.4 is 64.4 Å². The number of para-hydroxylation sites is 1. The maximum Gasteiger partial charge on any atom is 1.00 e. The SMILES string of the molecule is O=S(=O)(O)c1cccc(N=Nc2ccc(N=Nc3ccc(Nc4ccccc4)c4c(S(=O)(=O)O)cccc34)c3ccccc23)c1.[H-].[H-].[Na+].[Na+]. The van der Waals surface area contributed by atoms with Gasteiger partial charge in [0, 0.05) is 32.9 Å². The predicted molar refractivity (Wildman–Crippen MR) is 174 cm³/mol. The van der Waals surface area contributed by atoms with E-state index in [-0.39, 0.29) is 82.8 Å². The zero-order valence-electron chi connectivity index (χ0n) is 27.2. The van der Waals surface area contributed by atoms with E-state index in [0.29, 0.717) is 38.9 Å². The summed E-state index contributed by atoms with van der Waals surface area (Å²) in [5.74, 6) is 0. The molecular weight excluding hydrogens is 660 g/mol. The maximum atomic E-state index is 12.3. The van der Waals surface area contributed by atoms with Crippen molar-refractivity contribution in [2.75, 3.05) is 5.32 Å². The summed E-state index contributed by atoms with van der Waals surface area (Å²) in [4.78, 5) is -0.558. The van der Waals surface area contributed by atoms with Gasteiger partial charge in [0.25, 0.3) is 20.2 Å². The third-order valence-corrected chi connectivity index (χ3v) is 8.59. The number of nitrogens with zero attached hydrogens (tertiary/aromatic N) is 4. The van der Waals surface area contributed by atoms with E-state index in [1.807, 2.05) is 54.6 Å². The molecular formula is C32H25N5Na2O6S2. The summed E-state index contributed by atoms with van der Waals surface area (Å²) in [6.45, 7) is 0. The zero-order valence-corrected chi connectivity index (χ0v) is 30.8. The van der Waals surface area contributed by atoms with Crippen LogP contribution in [0.2, 0.25) is 0 Å². The molecule has 0 radical (unpaired) electrons. The van der Waals surface area contributed by atoms with Crippen LogP contribution in [0.15, 0.2) is 152 Å². The summed E-state index contributed by atoms with van der Waals surface area (Å²) in [7, 11) is -8.96. The fraction of sp³-hybridized carbons (Fsp3) is 0. The van der Waals surface area contributed by atoms with Crippen molar-refractivity contribution in [3.63, 3.8) is 0 Å². The fourth-order valence-electron chi connectivity index (χ4n) is 4.81. The molecule has 47 heavy (non-hydrogen) atoms. The molecule has 0 aliphatic carbocycles. The number of azo groups is 2. The number of rotatable bonds is 8. The van der Waals surface area contributed by atoms with Crippen molar-refractivity contribution >= 4 is 75.9 Å². The van der Waals surface area contributed by atoms with Gasteiger partial charge in [-0.15, -0.1) is 15.3 Å². The summed E-state index contributed by atoms with van der Waals surface area (Å²) >= 11 is 0. The molecule has 0 spiro atoms. The van der Waals surface area contributed by atoms with Crippen molar-refractivity contribution in [1.29, 1.82) is 0 Å². The first kappa shape index (κ1) is 36.5. The molecule has 0 aliphatic rings. The third kappa shape index (κ3) is 8.39. The zero-order chi connectivity index (χ0) is 31.6. The minimum atomic E-state index is -4.57. The van der Waals surface area contributed by atoms with Crippen LogP contribution in [-0.2, 0) is 20.2 Å². The molecule has 0 aromatic heterocycles. The number of hydrogen-bond donors (Lipinski definition) is 3. The van der Waals surface area contributed by atoms with Crippen LogP contribution in [0.25, 0.3) is 21.5 Å². The van der Waals surface area contributed by atoms with E-state index >= 15 is 0 Å². The van der Waals surface area contributed by atoms with Gasteiger partial charge in [0.2, 0.25) is 0 Å². The van der Waals surface area contributed by atoms with E-state index in [1.54, 1.807) is 36.4 Å². The molecule has 6 aromatic carbocycles. The largest absolute Gasteiger partial charge is 1.00 e. The average Bonchev–Trinajstić information content (AvgIpc) is 3.03. The molecule has 11 nitrogen and oxygen atoms in total. The Kier molecular flexibility index (Phi) is 11.8. The van der Waals surface area contributed by atoms with Crippen LogP contribution in [0.1, 0.15) is 2.85 Å². The summed E-state index contributed by atoms with van der Waals surface area (Å²) in [6.07, 6.45) is 0. The van der Waals surface area contributed by atoms with Crippen molar-refractivity contribution < 1.29 is 87.9 Å². The molecule has 0 fully saturated rings. The number of hydrogen-bond acceptors (Lipinski definition) is 9. The van der Waals surface area contributed by atoms with E-state index < -0.39 is 20.2 Å². The first-order valence-electron chi connectivity index (χ1n) is 13.4. The van der Waals surface area contributed by atoms with E-state index in [2.05, 4.69) is 25.8 Å². The summed E-state index contributed by atoms with van der Waals surface area (Å²) in [5, 5.41) is 22.7. The van der Waals surface area contributed by atoms with Gasteiger partial charge < -0.3 is 8.17 Å². The molecule has 0 heterocycles. The Morgan fingerprint density at radius 2 is 1.06 bits per heavy atom. The Morgan fingerprint density at radius 1 is 0.532 bits per heavy atom. The number of fused-ring (bicyclic) bond motifs is 2. The Morgan fingerprint density at radius 3 is 1.68 bits per heavy atom. The molecule has 0 saturated heterocycles. The monoisotopic (exact) mass is 685 g/mol. The smallest absolute Gasteiger partial charge is 1.00 e. The molecule has 0 unspecified atom stereocenters. The topological polar surface area (TPSA) is 170 Å². The molecule has 6 rings (SSSR count). The Balaban J connectivity index is 0.00000208. The molecule has 0 bridgehead atoms. The molecule has 3 N–H and O–H groups in total. The summed E-state index contributed by atoms with van der Waals surface area (Å²) in [5.41, 5.74) is 2.80. The number of nitrogens with one attached hydrogen (secondary N) is 1. The van der Waals surface area contributed by atoms with Crippen LogP contribution in [0.5, 0.6) is 0 Å². The van der Waals surface area contributed by atoms with E-state index in [1.165, 1.54) is 30.3 Å². The first-order valence-corrected chi connectivity index (χ1v) is 16.2. The predicted octanol–water partition coefficient (Wildman–Crippen LogP) is 3.29. The van der Waals surface area contributed by atoms with Crippen LogP contribution >= 0.6 is 0 Å². The van der Waals surface area contributed by atoms with Gasteiger partial charge in [0.15, 0.2) is 0 Å². The van der Waals surface area contributed by atoms with Crippen LogP contribution in [0.4, 0.5) is 34.1 Å². The van der Waals surface area contributed by atoms with Gasteiger partial charge in [0.1, 0.15) is 4.90 Å². The Hall–Kier alpha value is -3.34. The molecule has 6 aromatic rings. The van der Waals surface area contributed by atoms with Crippen LogP contribution in [0, 0.1) is 0 Å². The van der Waals surface area contributed by atoms with Gasteiger partial charge in [-0.2, -0.15) is 21.9 Å². The summed E-state index contributed by atoms with van der Waals surface area (Å²) in [6, 6.07) is 33.3. The number of anilines is 2. The summed E-state index contributed by atoms with van der Waals surface area (Å²) < 4.78 is 67.0. The fourth-order valence-corrected chi connectivity index (χ4v) is 6.06. The van der Waals surface area contributed by atoms with E-state index in [9.17, 15) is 25.9 Å². The van der Waals surface area contributed by atoms with Gasteiger partial charge in [-0.05, 0) is 60.7 Å². The van der Waals surface area contributed by atoms with E-state index in [4.69, 9.17) is 0 Å². The maximum absolute atomic E-state index is 12.3. The van der Waals surface area contributed by atoms with Gasteiger partial charge >= 0.3 is 59.1 Å². The van der Waals surface area contributed by atoms with Gasteiger partial charge in [-0.25, -0.2) is 0 Å². The molecule has 0 amide bonds. The standard InChI is InChI=1S/C32H23N5O6S2.2Na.2H/c38-44(39,40)23-11-6-10-22(20-23)34-35-27-16-17-28(25-13-5-4-12-24(25)27)36-37-29-18-19-30(33-21-8-2-1-3-9-21)32-26(29)14-7-15-31(32)45(41,42)43;;;;/h1-20,33H,(H,38,39,40)(H,41,42,43);;;;/q;2*+1;2*-1. The third-order valence-electron chi connectivity index (χ3n) is 6.84. The quantitative estimate of drug-likeness (QED) is 0.125. The minimum absolute atomic E-state index is 0. The molecule has 0 aliphatic heterocycles. The van der Waals surface area contributed by atoms with Crippen molar-refractivity contribution in [3.05, 3.63) is 121 Å².